The molecule has 0 spiro atoms. The molecule has 2 N–H and O–H groups in total. The van der Waals surface area contributed by atoms with Gasteiger partial charge in [-0.25, -0.2) is 4.98 Å². The van der Waals surface area contributed by atoms with Gasteiger partial charge in [-0.1, -0.05) is 66.2 Å². The van der Waals surface area contributed by atoms with Crippen LogP contribution in [0.3, 0.4) is 0 Å². The number of carbonyl (C=O) groups excluding carboxylic acids is 1. The molecule has 40 heavy (non-hydrogen) atoms. The number of ether oxygens (including phenoxy) is 1. The first kappa shape index (κ1) is 25.5. The van der Waals surface area contributed by atoms with Crippen molar-refractivity contribution in [1.29, 1.82) is 0 Å². The lowest BCUT2D eigenvalue weighted by Gasteiger charge is -2.26. The number of halogens is 1. The van der Waals surface area contributed by atoms with Crippen LogP contribution in [-0.2, 0) is 4.74 Å². The Bertz CT molecular complexity index is 1720. The minimum Gasteiger partial charge on any atom is -0.378 e. The normalized spacial score (nSPS) is 13.4. The molecule has 0 radical (unpaired) electrons. The van der Waals surface area contributed by atoms with Gasteiger partial charge in [0.15, 0.2) is 0 Å². The number of carbonyl (C=O) groups is 1. The van der Waals surface area contributed by atoms with E-state index in [9.17, 15) is 14.9 Å². The highest BCUT2D eigenvalue weighted by Gasteiger charge is 2.26. The highest BCUT2D eigenvalue weighted by molar-refractivity contribution is 6.31. The molecule has 0 atom stereocenters. The molecular weight excluding hydrogens is 532 g/mol. The van der Waals surface area contributed by atoms with E-state index in [0.29, 0.717) is 59.4 Å². The summed E-state index contributed by atoms with van der Waals surface area (Å²) in [6.07, 6.45) is 1.18. The monoisotopic (exact) mass is 554 g/mol. The van der Waals surface area contributed by atoms with Crippen LogP contribution in [0.1, 0.15) is 16.1 Å². The van der Waals surface area contributed by atoms with Gasteiger partial charge in [-0.2, -0.15) is 4.98 Å². The Kier molecular flexibility index (Phi) is 6.85. The zero-order valence-electron chi connectivity index (χ0n) is 21.1. The molecule has 1 aliphatic heterocycles. The first-order chi connectivity index (χ1) is 19.5. The van der Waals surface area contributed by atoms with E-state index < -0.39 is 4.92 Å². The van der Waals surface area contributed by atoms with Gasteiger partial charge < -0.3 is 19.9 Å². The van der Waals surface area contributed by atoms with Crippen molar-refractivity contribution in [1.82, 2.24) is 15.0 Å². The molecule has 0 bridgehead atoms. The molecule has 1 fully saturated rings. The van der Waals surface area contributed by atoms with Crippen LogP contribution in [0.15, 0.2) is 79.0 Å². The summed E-state index contributed by atoms with van der Waals surface area (Å²) in [6.45, 7) is 2.14. The third-order valence-corrected chi connectivity index (χ3v) is 6.97. The number of fused-ring (bicyclic) bond motifs is 1. The van der Waals surface area contributed by atoms with E-state index in [0.717, 1.165) is 11.1 Å². The summed E-state index contributed by atoms with van der Waals surface area (Å²) in [5, 5.41) is 16.1. The zero-order valence-corrected chi connectivity index (χ0v) is 21.9. The summed E-state index contributed by atoms with van der Waals surface area (Å²) in [5.41, 5.74) is 3.34. The molecular formula is C29H23ClN6O4. The van der Waals surface area contributed by atoms with Crippen molar-refractivity contribution >= 4 is 51.4 Å². The Hall–Kier alpha value is -4.80. The minimum atomic E-state index is -0.555. The van der Waals surface area contributed by atoms with Crippen LogP contribution >= 0.6 is 11.6 Å². The summed E-state index contributed by atoms with van der Waals surface area (Å²) in [5.74, 6) is 0.0222. The Labute approximate surface area is 233 Å². The standard InChI is InChI=1S/C29H23ClN6O4/c30-21-10-11-22-23(16-21)32-26(27(37)20-8-6-19(7-9-20)18-4-2-1-3-5-18)25(22)33-28-24(36(38)39)17-31-29(34-28)35-12-14-40-15-13-35/h1-11,16-17,32H,12-15H2,(H,31,33,34). The first-order valence-electron chi connectivity index (χ1n) is 12.6. The minimum absolute atomic E-state index is 0.0224. The van der Waals surface area contributed by atoms with Gasteiger partial charge in [-0.15, -0.1) is 0 Å². The van der Waals surface area contributed by atoms with Crippen molar-refractivity contribution in [3.63, 3.8) is 0 Å². The number of morpholine rings is 1. The van der Waals surface area contributed by atoms with Crippen LogP contribution in [0.4, 0.5) is 23.1 Å². The number of ketones is 1. The van der Waals surface area contributed by atoms with Crippen LogP contribution in [0.5, 0.6) is 0 Å². The van der Waals surface area contributed by atoms with Crippen molar-refractivity contribution < 1.29 is 14.5 Å². The number of hydrogen-bond acceptors (Lipinski definition) is 8. The third-order valence-electron chi connectivity index (χ3n) is 6.73. The van der Waals surface area contributed by atoms with Gasteiger partial charge in [0, 0.05) is 34.6 Å². The number of nitrogens with one attached hydrogen (secondary N) is 2. The molecule has 0 saturated carbocycles. The number of nitrogens with zero attached hydrogens (tertiary/aromatic N) is 4. The number of benzene rings is 3. The molecule has 200 valence electrons. The molecule has 5 aromatic rings. The lowest BCUT2D eigenvalue weighted by Crippen LogP contribution is -2.37. The van der Waals surface area contributed by atoms with E-state index in [1.54, 1.807) is 30.3 Å². The summed E-state index contributed by atoms with van der Waals surface area (Å²) >= 11 is 6.24. The molecule has 3 heterocycles. The Morgan fingerprint density at radius 2 is 1.75 bits per heavy atom. The predicted molar refractivity (Wildman–Crippen MR) is 154 cm³/mol. The lowest BCUT2D eigenvalue weighted by molar-refractivity contribution is -0.384. The number of rotatable bonds is 7. The topological polar surface area (TPSA) is 126 Å². The fourth-order valence-electron chi connectivity index (χ4n) is 4.68. The number of hydrogen-bond donors (Lipinski definition) is 2. The molecule has 10 nitrogen and oxygen atoms in total. The predicted octanol–water partition coefficient (Wildman–Crippen LogP) is 6.00. The number of H-pyrrole nitrogens is 1. The number of nitro groups is 1. The Morgan fingerprint density at radius 3 is 2.48 bits per heavy atom. The van der Waals surface area contributed by atoms with Crippen LogP contribution in [0, 0.1) is 10.1 Å². The quantitative estimate of drug-likeness (QED) is 0.142. The fraction of sp³-hybridized carbons (Fsp3) is 0.138. The average Bonchev–Trinajstić information content (AvgIpc) is 3.34. The fourth-order valence-corrected chi connectivity index (χ4v) is 4.86. The van der Waals surface area contributed by atoms with E-state index in [1.165, 1.54) is 6.20 Å². The van der Waals surface area contributed by atoms with E-state index in [4.69, 9.17) is 16.3 Å². The van der Waals surface area contributed by atoms with Gasteiger partial charge >= 0.3 is 5.69 Å². The third kappa shape index (κ3) is 4.97. The maximum Gasteiger partial charge on any atom is 0.329 e. The SMILES string of the molecule is O=C(c1ccc(-c2ccccc2)cc1)c1[nH]c2cc(Cl)ccc2c1Nc1nc(N2CCOCC2)ncc1[N+](=O)[O-]. The van der Waals surface area contributed by atoms with Crippen molar-refractivity contribution in [3.05, 3.63) is 105 Å². The second-order valence-electron chi connectivity index (χ2n) is 9.22. The smallest absolute Gasteiger partial charge is 0.329 e. The molecule has 11 heteroatoms. The summed E-state index contributed by atoms with van der Waals surface area (Å²) in [6, 6.07) is 22.3. The Balaban J connectivity index is 1.41. The molecule has 0 unspecified atom stereocenters. The van der Waals surface area contributed by atoms with Gasteiger partial charge in [0.25, 0.3) is 0 Å². The Morgan fingerprint density at radius 1 is 1.02 bits per heavy atom. The van der Waals surface area contributed by atoms with Crippen molar-refractivity contribution in [3.8, 4) is 11.1 Å². The largest absolute Gasteiger partial charge is 0.378 e. The maximum absolute atomic E-state index is 13.8. The van der Waals surface area contributed by atoms with Gasteiger partial charge in [0.2, 0.25) is 17.5 Å². The van der Waals surface area contributed by atoms with E-state index in [-0.39, 0.29) is 23.0 Å². The molecule has 1 saturated heterocycles. The van der Waals surface area contributed by atoms with Crippen molar-refractivity contribution in [2.45, 2.75) is 0 Å². The summed E-state index contributed by atoms with van der Waals surface area (Å²) in [7, 11) is 0. The van der Waals surface area contributed by atoms with Crippen LogP contribution in [-0.4, -0.2) is 52.0 Å². The van der Waals surface area contributed by atoms with E-state index >= 15 is 0 Å². The highest BCUT2D eigenvalue weighted by Crippen LogP contribution is 2.36. The molecule has 6 rings (SSSR count). The maximum atomic E-state index is 13.8. The van der Waals surface area contributed by atoms with Gasteiger partial charge in [0.1, 0.15) is 11.9 Å². The second-order valence-corrected chi connectivity index (χ2v) is 9.66. The zero-order chi connectivity index (χ0) is 27.6. The summed E-state index contributed by atoms with van der Waals surface area (Å²) in [4.78, 5) is 38.9. The second kappa shape index (κ2) is 10.8. The van der Waals surface area contributed by atoms with Crippen LogP contribution in [0.2, 0.25) is 5.02 Å². The molecule has 0 amide bonds. The number of aromatic amines is 1. The molecule has 1 aliphatic rings. The summed E-state index contributed by atoms with van der Waals surface area (Å²) < 4.78 is 5.40. The average molecular weight is 555 g/mol. The van der Waals surface area contributed by atoms with Gasteiger partial charge in [0.05, 0.1) is 23.8 Å². The number of aromatic nitrogens is 3. The molecule has 0 aliphatic carbocycles. The van der Waals surface area contributed by atoms with Crippen LogP contribution in [0.25, 0.3) is 22.0 Å². The molecule has 2 aromatic heterocycles. The lowest BCUT2D eigenvalue weighted by atomic mass is 10.0. The van der Waals surface area contributed by atoms with Gasteiger partial charge in [-0.3, -0.25) is 14.9 Å². The van der Waals surface area contributed by atoms with E-state index in [2.05, 4.69) is 20.3 Å². The van der Waals surface area contributed by atoms with Crippen molar-refractivity contribution in [2.75, 3.05) is 36.5 Å². The van der Waals surface area contributed by atoms with Crippen molar-refractivity contribution in [2.24, 2.45) is 0 Å². The number of anilines is 3. The highest BCUT2D eigenvalue weighted by atomic mass is 35.5. The van der Waals surface area contributed by atoms with Gasteiger partial charge in [-0.05, 0) is 29.3 Å². The van der Waals surface area contributed by atoms with E-state index in [1.807, 2.05) is 47.4 Å². The molecule has 3 aromatic carbocycles. The van der Waals surface area contributed by atoms with Crippen LogP contribution < -0.4 is 10.2 Å². The first-order valence-corrected chi connectivity index (χ1v) is 13.0.